The summed E-state index contributed by atoms with van der Waals surface area (Å²) in [7, 11) is 1.35. The second-order valence-corrected chi connectivity index (χ2v) is 6.89. The van der Waals surface area contributed by atoms with E-state index >= 15 is 0 Å². The van der Waals surface area contributed by atoms with E-state index in [1.54, 1.807) is 17.0 Å². The third-order valence-electron chi connectivity index (χ3n) is 4.67. The van der Waals surface area contributed by atoms with E-state index in [1.165, 1.54) is 7.11 Å². The molecule has 0 unspecified atom stereocenters. The van der Waals surface area contributed by atoms with Gasteiger partial charge in [0, 0.05) is 13.0 Å². The largest absolute Gasteiger partial charge is 0.490 e. The molecule has 0 bridgehead atoms. The van der Waals surface area contributed by atoms with Gasteiger partial charge in [-0.15, -0.1) is 0 Å². The topological polar surface area (TPSA) is 119 Å². The van der Waals surface area contributed by atoms with Gasteiger partial charge < -0.3 is 25.2 Å². The predicted molar refractivity (Wildman–Crippen MR) is 112 cm³/mol. The standard InChI is InChI=1S/C20H22N2O4.C2HF3O2/c1-25-20(24)16-6-2-14(3-7-16)5-9-19(23)22-10-11-26-18-8-4-15(13-21)12-17(18)22;3-2(4,5)1(6)7/h2-4,6-8,12H,5,9-11,13,21H2,1H3;(H,6,7). The normalized spacial score (nSPS) is 12.6. The van der Waals surface area contributed by atoms with Crippen molar-refractivity contribution in [3.63, 3.8) is 0 Å². The molecule has 178 valence electrons. The molecule has 0 atom stereocenters. The Hall–Kier alpha value is -3.60. The lowest BCUT2D eigenvalue weighted by Gasteiger charge is -2.30. The number of carboxylic acids is 1. The van der Waals surface area contributed by atoms with Crippen molar-refractivity contribution in [2.24, 2.45) is 5.73 Å². The molecule has 2 aromatic rings. The van der Waals surface area contributed by atoms with Gasteiger partial charge in [0.15, 0.2) is 0 Å². The molecule has 8 nitrogen and oxygen atoms in total. The molecular formula is C22H23F3N2O6. The number of methoxy groups -OCH3 is 1. The van der Waals surface area contributed by atoms with E-state index in [4.69, 9.17) is 20.4 Å². The van der Waals surface area contributed by atoms with Crippen LogP contribution in [0.4, 0.5) is 18.9 Å². The zero-order chi connectivity index (χ0) is 24.6. The minimum atomic E-state index is -5.08. The lowest BCUT2D eigenvalue weighted by atomic mass is 10.1. The summed E-state index contributed by atoms with van der Waals surface area (Å²) < 4.78 is 42.1. The molecule has 0 saturated heterocycles. The number of aryl methyl sites for hydroxylation is 1. The second kappa shape index (κ2) is 11.3. The number of esters is 1. The molecule has 0 aliphatic carbocycles. The molecular weight excluding hydrogens is 445 g/mol. The molecule has 0 saturated carbocycles. The van der Waals surface area contributed by atoms with Gasteiger partial charge in [-0.1, -0.05) is 18.2 Å². The fourth-order valence-corrected chi connectivity index (χ4v) is 2.96. The van der Waals surface area contributed by atoms with Crippen molar-refractivity contribution in [1.29, 1.82) is 0 Å². The number of carbonyl (C=O) groups is 3. The summed E-state index contributed by atoms with van der Waals surface area (Å²) in [5.74, 6) is -2.37. The Morgan fingerprint density at radius 1 is 1.12 bits per heavy atom. The number of nitrogens with two attached hydrogens (primary N) is 1. The van der Waals surface area contributed by atoms with Crippen LogP contribution in [0.25, 0.3) is 0 Å². The van der Waals surface area contributed by atoms with Gasteiger partial charge in [0.25, 0.3) is 0 Å². The Bertz CT molecular complexity index is 993. The number of amides is 1. The first-order valence-corrected chi connectivity index (χ1v) is 9.80. The van der Waals surface area contributed by atoms with Gasteiger partial charge in [0.1, 0.15) is 12.4 Å². The number of fused-ring (bicyclic) bond motifs is 1. The smallest absolute Gasteiger partial charge is 0.490 e. The number of hydrogen-bond donors (Lipinski definition) is 2. The van der Waals surface area contributed by atoms with Gasteiger partial charge in [0.2, 0.25) is 5.91 Å². The lowest BCUT2D eigenvalue weighted by Crippen LogP contribution is -2.38. The number of carbonyl (C=O) groups excluding carboxylic acids is 2. The number of halogens is 3. The monoisotopic (exact) mass is 468 g/mol. The average molecular weight is 468 g/mol. The number of rotatable bonds is 5. The quantitative estimate of drug-likeness (QED) is 0.648. The summed E-state index contributed by atoms with van der Waals surface area (Å²) in [4.78, 5) is 34.8. The number of nitrogens with zero attached hydrogens (tertiary/aromatic N) is 1. The Kier molecular flexibility index (Phi) is 8.80. The highest BCUT2D eigenvalue weighted by molar-refractivity contribution is 5.95. The minimum Gasteiger partial charge on any atom is -0.490 e. The molecule has 1 aliphatic heterocycles. The molecule has 2 aromatic carbocycles. The molecule has 0 fully saturated rings. The van der Waals surface area contributed by atoms with Crippen LogP contribution in [-0.4, -0.2) is 49.4 Å². The fraction of sp³-hybridized carbons (Fsp3) is 0.318. The predicted octanol–water partition coefficient (Wildman–Crippen LogP) is 2.92. The summed E-state index contributed by atoms with van der Waals surface area (Å²) in [6.07, 6.45) is -4.10. The number of benzene rings is 2. The van der Waals surface area contributed by atoms with Crippen LogP contribution in [0.5, 0.6) is 5.75 Å². The zero-order valence-electron chi connectivity index (χ0n) is 17.7. The summed E-state index contributed by atoms with van der Waals surface area (Å²) in [6, 6.07) is 12.8. The highest BCUT2D eigenvalue weighted by atomic mass is 19.4. The van der Waals surface area contributed by atoms with Gasteiger partial charge in [0.05, 0.1) is 24.9 Å². The molecule has 3 N–H and O–H groups in total. The van der Waals surface area contributed by atoms with Crippen LogP contribution in [0.1, 0.15) is 27.9 Å². The second-order valence-electron chi connectivity index (χ2n) is 6.89. The van der Waals surface area contributed by atoms with Crippen LogP contribution in [0.2, 0.25) is 0 Å². The van der Waals surface area contributed by atoms with Crippen molar-refractivity contribution in [2.45, 2.75) is 25.6 Å². The van der Waals surface area contributed by atoms with Crippen molar-refractivity contribution < 1.29 is 42.1 Å². The fourth-order valence-electron chi connectivity index (χ4n) is 2.96. The Morgan fingerprint density at radius 3 is 2.27 bits per heavy atom. The first-order chi connectivity index (χ1) is 15.6. The molecule has 1 aliphatic rings. The van der Waals surface area contributed by atoms with Crippen LogP contribution in [0.3, 0.4) is 0 Å². The third kappa shape index (κ3) is 7.21. The van der Waals surface area contributed by atoms with Gasteiger partial charge in [-0.05, 0) is 41.8 Å². The number of carboxylic acid groups (broad SMARTS) is 1. The lowest BCUT2D eigenvalue weighted by molar-refractivity contribution is -0.192. The van der Waals surface area contributed by atoms with Crippen molar-refractivity contribution >= 4 is 23.5 Å². The number of anilines is 1. The third-order valence-corrected chi connectivity index (χ3v) is 4.67. The number of ether oxygens (including phenoxy) is 2. The van der Waals surface area contributed by atoms with Crippen LogP contribution in [0, 0.1) is 0 Å². The molecule has 0 aromatic heterocycles. The van der Waals surface area contributed by atoms with E-state index in [1.807, 2.05) is 30.3 Å². The van der Waals surface area contributed by atoms with Crippen LogP contribution in [-0.2, 0) is 27.3 Å². The molecule has 0 spiro atoms. The Labute approximate surface area is 187 Å². The minimum absolute atomic E-state index is 0.0424. The average Bonchev–Trinajstić information content (AvgIpc) is 2.81. The summed E-state index contributed by atoms with van der Waals surface area (Å²) in [6.45, 7) is 1.43. The van der Waals surface area contributed by atoms with E-state index in [0.29, 0.717) is 43.9 Å². The summed E-state index contributed by atoms with van der Waals surface area (Å²) in [5.41, 5.74) is 8.95. The van der Waals surface area contributed by atoms with Crippen molar-refractivity contribution in [3.05, 3.63) is 59.2 Å². The van der Waals surface area contributed by atoms with Crippen LogP contribution < -0.4 is 15.4 Å². The van der Waals surface area contributed by atoms with Crippen LogP contribution in [0.15, 0.2) is 42.5 Å². The van der Waals surface area contributed by atoms with E-state index in [9.17, 15) is 22.8 Å². The van der Waals surface area contributed by atoms with Crippen LogP contribution >= 0.6 is 0 Å². The molecule has 1 heterocycles. The number of hydrogen-bond acceptors (Lipinski definition) is 6. The van der Waals surface area contributed by atoms with Crippen molar-refractivity contribution in [1.82, 2.24) is 0 Å². The maximum Gasteiger partial charge on any atom is 0.490 e. The zero-order valence-corrected chi connectivity index (χ0v) is 17.7. The number of aliphatic carboxylic acids is 1. The van der Waals surface area contributed by atoms with E-state index in [0.717, 1.165) is 16.8 Å². The van der Waals surface area contributed by atoms with Crippen molar-refractivity contribution in [3.8, 4) is 5.75 Å². The van der Waals surface area contributed by atoms with E-state index < -0.39 is 12.1 Å². The van der Waals surface area contributed by atoms with Gasteiger partial charge >= 0.3 is 18.1 Å². The van der Waals surface area contributed by atoms with Crippen molar-refractivity contribution in [2.75, 3.05) is 25.2 Å². The first-order valence-electron chi connectivity index (χ1n) is 9.80. The molecule has 11 heteroatoms. The maximum absolute atomic E-state index is 12.7. The summed E-state index contributed by atoms with van der Waals surface area (Å²) in [5, 5.41) is 7.12. The highest BCUT2D eigenvalue weighted by Crippen LogP contribution is 2.33. The number of alkyl halides is 3. The SMILES string of the molecule is COC(=O)c1ccc(CCC(=O)N2CCOc3ccc(CN)cc32)cc1.O=C(O)C(F)(F)F. The first kappa shape index (κ1) is 25.7. The Balaban J connectivity index is 0.000000479. The Morgan fingerprint density at radius 2 is 1.73 bits per heavy atom. The molecule has 33 heavy (non-hydrogen) atoms. The summed E-state index contributed by atoms with van der Waals surface area (Å²) >= 11 is 0. The molecule has 3 rings (SSSR count). The van der Waals surface area contributed by atoms with E-state index in [2.05, 4.69) is 4.74 Å². The maximum atomic E-state index is 12.7. The van der Waals surface area contributed by atoms with E-state index in [-0.39, 0.29) is 11.9 Å². The van der Waals surface area contributed by atoms with Gasteiger partial charge in [-0.25, -0.2) is 9.59 Å². The van der Waals surface area contributed by atoms with Gasteiger partial charge in [-0.3, -0.25) is 4.79 Å². The highest BCUT2D eigenvalue weighted by Gasteiger charge is 2.38. The molecule has 0 radical (unpaired) electrons. The molecule has 1 amide bonds. The van der Waals surface area contributed by atoms with Gasteiger partial charge in [-0.2, -0.15) is 13.2 Å².